The van der Waals surface area contributed by atoms with Gasteiger partial charge in [-0.15, -0.1) is 12.8 Å². The van der Waals surface area contributed by atoms with Crippen molar-refractivity contribution in [2.75, 3.05) is 26.5 Å². The Morgan fingerprint density at radius 2 is 1.66 bits per heavy atom. The SMILES string of the molecule is C#C.C=C1C(=O)C(Nc2cccc(C=O)c2C)=C1NCc1ccc(C)o1.CC.CN(C)C. The van der Waals surface area contributed by atoms with Crippen LogP contribution in [0.2, 0.25) is 0 Å². The van der Waals surface area contributed by atoms with E-state index in [1.807, 2.05) is 71.9 Å². The molecule has 1 aromatic heterocycles. The van der Waals surface area contributed by atoms with Crippen LogP contribution in [-0.2, 0) is 11.3 Å². The Balaban J connectivity index is 0.00000106. The van der Waals surface area contributed by atoms with Crippen LogP contribution in [0.25, 0.3) is 0 Å². The highest BCUT2D eigenvalue weighted by molar-refractivity contribution is 6.20. The summed E-state index contributed by atoms with van der Waals surface area (Å²) in [6.45, 7) is 12.0. The molecule has 0 saturated heterocycles. The van der Waals surface area contributed by atoms with E-state index < -0.39 is 0 Å². The van der Waals surface area contributed by atoms with E-state index in [1.165, 1.54) is 0 Å². The summed E-state index contributed by atoms with van der Waals surface area (Å²) in [5.41, 5.74) is 3.67. The molecule has 0 bridgehead atoms. The molecule has 6 nitrogen and oxygen atoms in total. The number of allylic oxidation sites excluding steroid dienone is 2. The molecule has 0 unspecified atom stereocenters. The molecule has 172 valence electrons. The number of furan rings is 1. The maximum Gasteiger partial charge on any atom is 0.212 e. The molecular formula is C26H35N3O3. The number of nitrogens with one attached hydrogen (secondary N) is 2. The quantitative estimate of drug-likeness (QED) is 0.387. The van der Waals surface area contributed by atoms with Gasteiger partial charge in [0.15, 0.2) is 0 Å². The maximum atomic E-state index is 12.1. The summed E-state index contributed by atoms with van der Waals surface area (Å²) in [5, 5.41) is 6.29. The number of rotatable bonds is 6. The number of anilines is 1. The molecular weight excluding hydrogens is 402 g/mol. The van der Waals surface area contributed by atoms with Gasteiger partial charge in [0.2, 0.25) is 5.78 Å². The van der Waals surface area contributed by atoms with Crippen molar-refractivity contribution < 1.29 is 14.0 Å². The second-order valence-corrected chi connectivity index (χ2v) is 7.03. The number of benzene rings is 1. The Kier molecular flexibility index (Phi) is 12.8. The van der Waals surface area contributed by atoms with Crippen molar-refractivity contribution in [2.24, 2.45) is 0 Å². The van der Waals surface area contributed by atoms with Crippen LogP contribution in [0.3, 0.4) is 0 Å². The van der Waals surface area contributed by atoms with Gasteiger partial charge < -0.3 is 20.0 Å². The van der Waals surface area contributed by atoms with Gasteiger partial charge >= 0.3 is 0 Å². The fourth-order valence-electron chi connectivity index (χ4n) is 2.59. The maximum absolute atomic E-state index is 12.1. The Labute approximate surface area is 192 Å². The number of aldehydes is 1. The third-order valence-corrected chi connectivity index (χ3v) is 4.05. The summed E-state index contributed by atoms with van der Waals surface area (Å²) in [6, 6.07) is 9.12. The highest BCUT2D eigenvalue weighted by Gasteiger charge is 2.32. The summed E-state index contributed by atoms with van der Waals surface area (Å²) < 4.78 is 5.51. The highest BCUT2D eigenvalue weighted by atomic mass is 16.3. The Bertz CT molecular complexity index is 963. The lowest BCUT2D eigenvalue weighted by molar-refractivity contribution is -0.113. The lowest BCUT2D eigenvalue weighted by atomic mass is 9.92. The molecule has 3 rings (SSSR count). The molecule has 0 spiro atoms. The minimum absolute atomic E-state index is 0.135. The van der Waals surface area contributed by atoms with Crippen molar-refractivity contribution in [3.05, 3.63) is 76.5 Å². The number of hydrogen-bond acceptors (Lipinski definition) is 6. The van der Waals surface area contributed by atoms with Crippen LogP contribution in [-0.4, -0.2) is 38.1 Å². The number of carbonyl (C=O) groups is 2. The second-order valence-electron chi connectivity index (χ2n) is 7.03. The molecule has 0 amide bonds. The zero-order valence-corrected chi connectivity index (χ0v) is 20.2. The number of aryl methyl sites for hydroxylation is 1. The van der Waals surface area contributed by atoms with Crippen LogP contribution < -0.4 is 10.6 Å². The van der Waals surface area contributed by atoms with Crippen LogP contribution in [0.5, 0.6) is 0 Å². The van der Waals surface area contributed by atoms with Gasteiger partial charge in [0.05, 0.1) is 12.2 Å². The average molecular weight is 438 g/mol. The predicted octanol–water partition coefficient (Wildman–Crippen LogP) is 4.71. The van der Waals surface area contributed by atoms with Crippen molar-refractivity contribution >= 4 is 17.8 Å². The van der Waals surface area contributed by atoms with Gasteiger partial charge in [-0.05, 0) is 58.8 Å². The fraction of sp³-hybridized carbons (Fsp3) is 0.308. The van der Waals surface area contributed by atoms with Gasteiger partial charge in [-0.2, -0.15) is 0 Å². The summed E-state index contributed by atoms with van der Waals surface area (Å²) in [6.07, 6.45) is 8.80. The second kappa shape index (κ2) is 14.4. The lowest BCUT2D eigenvalue weighted by Crippen LogP contribution is -2.34. The number of Topliss-reactive ketones (excluding diaryl/α,β-unsaturated/α-hetero) is 1. The van der Waals surface area contributed by atoms with E-state index >= 15 is 0 Å². The van der Waals surface area contributed by atoms with E-state index in [0.29, 0.717) is 29.1 Å². The number of nitrogens with zero attached hydrogens (tertiary/aromatic N) is 1. The summed E-state index contributed by atoms with van der Waals surface area (Å²) in [7, 11) is 6.00. The van der Waals surface area contributed by atoms with E-state index in [4.69, 9.17) is 4.42 Å². The standard InChI is InChI=1S/C19H18N2O3.C3H9N.C2H6.C2H2/c1-11-7-8-15(24-11)9-20-17-13(3)19(23)18(17)21-16-6-4-5-14(10-22)12(16)2;1-4(2)3;2*1-2/h4-8,10,20-21H,3,9H2,1-2H3;1-3H3;1-2H3;1-2H. The molecule has 32 heavy (non-hydrogen) atoms. The van der Waals surface area contributed by atoms with Crippen LogP contribution in [0.15, 0.2) is 58.3 Å². The van der Waals surface area contributed by atoms with Gasteiger partial charge in [-0.1, -0.05) is 32.6 Å². The van der Waals surface area contributed by atoms with Crippen molar-refractivity contribution in [1.29, 1.82) is 0 Å². The fourth-order valence-corrected chi connectivity index (χ4v) is 2.59. The van der Waals surface area contributed by atoms with Crippen LogP contribution in [0, 0.1) is 26.7 Å². The smallest absolute Gasteiger partial charge is 0.212 e. The predicted molar refractivity (Wildman–Crippen MR) is 132 cm³/mol. The van der Waals surface area contributed by atoms with Crippen molar-refractivity contribution in [3.8, 4) is 12.8 Å². The van der Waals surface area contributed by atoms with Gasteiger partial charge in [-0.3, -0.25) is 9.59 Å². The molecule has 1 aliphatic rings. The molecule has 1 aliphatic carbocycles. The van der Waals surface area contributed by atoms with Crippen molar-refractivity contribution in [1.82, 2.24) is 10.2 Å². The van der Waals surface area contributed by atoms with E-state index in [-0.39, 0.29) is 5.78 Å². The third kappa shape index (κ3) is 7.93. The van der Waals surface area contributed by atoms with Gasteiger partial charge in [0.25, 0.3) is 0 Å². The molecule has 1 aromatic carbocycles. The van der Waals surface area contributed by atoms with Crippen molar-refractivity contribution in [2.45, 2.75) is 34.2 Å². The molecule has 1 heterocycles. The molecule has 0 fully saturated rings. The first-order chi connectivity index (χ1) is 15.2. The normalized spacial score (nSPS) is 11.7. The van der Waals surface area contributed by atoms with Gasteiger partial charge in [-0.25, -0.2) is 0 Å². The minimum Gasteiger partial charge on any atom is -0.465 e. The molecule has 0 aliphatic heterocycles. The largest absolute Gasteiger partial charge is 0.465 e. The molecule has 2 N–H and O–H groups in total. The number of ketones is 1. The highest BCUT2D eigenvalue weighted by Crippen LogP contribution is 2.30. The van der Waals surface area contributed by atoms with Crippen LogP contribution in [0.1, 0.15) is 41.3 Å². The summed E-state index contributed by atoms with van der Waals surface area (Å²) >= 11 is 0. The Hall–Kier alpha value is -3.56. The van der Waals surface area contributed by atoms with E-state index in [9.17, 15) is 9.59 Å². The molecule has 0 radical (unpaired) electrons. The number of terminal acetylenes is 1. The number of hydrogen-bond donors (Lipinski definition) is 2. The summed E-state index contributed by atoms with van der Waals surface area (Å²) in [5.74, 6) is 1.48. The number of carbonyl (C=O) groups excluding carboxylic acids is 2. The van der Waals surface area contributed by atoms with Crippen LogP contribution >= 0.6 is 0 Å². The lowest BCUT2D eigenvalue weighted by Gasteiger charge is -2.27. The Morgan fingerprint density at radius 3 is 2.16 bits per heavy atom. The topological polar surface area (TPSA) is 74.6 Å². The first-order valence-corrected chi connectivity index (χ1v) is 10.3. The molecule has 6 heteroatoms. The third-order valence-electron chi connectivity index (χ3n) is 4.05. The molecule has 0 atom stereocenters. The van der Waals surface area contributed by atoms with E-state index in [0.717, 1.165) is 29.1 Å². The summed E-state index contributed by atoms with van der Waals surface area (Å²) in [4.78, 5) is 25.2. The zero-order chi connectivity index (χ0) is 24.8. The van der Waals surface area contributed by atoms with E-state index in [1.54, 1.807) is 12.1 Å². The van der Waals surface area contributed by atoms with Gasteiger partial charge in [0, 0.05) is 16.8 Å². The van der Waals surface area contributed by atoms with E-state index in [2.05, 4.69) is 30.1 Å². The Morgan fingerprint density at radius 1 is 1.06 bits per heavy atom. The molecule has 0 saturated carbocycles. The van der Waals surface area contributed by atoms with Gasteiger partial charge in [0.1, 0.15) is 23.5 Å². The monoisotopic (exact) mass is 437 g/mol. The first kappa shape index (κ1) is 28.4. The average Bonchev–Trinajstić information content (AvgIpc) is 3.21. The van der Waals surface area contributed by atoms with Crippen LogP contribution in [0.4, 0.5) is 5.69 Å². The zero-order valence-electron chi connectivity index (χ0n) is 20.2. The molecule has 2 aromatic rings. The first-order valence-electron chi connectivity index (χ1n) is 10.3. The van der Waals surface area contributed by atoms with Crippen molar-refractivity contribution in [3.63, 3.8) is 0 Å². The minimum atomic E-state index is -0.135.